The highest BCUT2D eigenvalue weighted by Crippen LogP contribution is 2.27. The van der Waals surface area contributed by atoms with E-state index in [9.17, 15) is 14.4 Å². The number of hydrogen-bond donors (Lipinski definition) is 0. The summed E-state index contributed by atoms with van der Waals surface area (Å²) in [6.07, 6.45) is 1.15. The standard InChI is InChI=1S/C20H28N2O4/c1-5-15-7-9-17(10-8-15)22-13-16(11-18(22)23)19(24)21(6-2)12-14(3)20(25)26-4/h7-10,14,16H,5-6,11-13H2,1-4H3. The second-order valence-corrected chi connectivity index (χ2v) is 6.73. The zero-order valence-corrected chi connectivity index (χ0v) is 16.0. The quantitative estimate of drug-likeness (QED) is 0.700. The molecule has 2 atom stereocenters. The maximum Gasteiger partial charge on any atom is 0.310 e. The number of amides is 2. The Labute approximate surface area is 155 Å². The van der Waals surface area contributed by atoms with Gasteiger partial charge in [-0.2, -0.15) is 0 Å². The highest BCUT2D eigenvalue weighted by molar-refractivity contribution is 6.00. The fraction of sp³-hybridized carbons (Fsp3) is 0.550. The van der Waals surface area contributed by atoms with Crippen LogP contribution in [0.25, 0.3) is 0 Å². The summed E-state index contributed by atoms with van der Waals surface area (Å²) >= 11 is 0. The van der Waals surface area contributed by atoms with E-state index < -0.39 is 5.92 Å². The van der Waals surface area contributed by atoms with Gasteiger partial charge < -0.3 is 14.5 Å². The largest absolute Gasteiger partial charge is 0.469 e. The van der Waals surface area contributed by atoms with Crippen molar-refractivity contribution in [3.05, 3.63) is 29.8 Å². The predicted molar refractivity (Wildman–Crippen MR) is 99.7 cm³/mol. The maximum atomic E-state index is 12.8. The Morgan fingerprint density at radius 3 is 2.46 bits per heavy atom. The first-order chi connectivity index (χ1) is 12.4. The molecule has 6 heteroatoms. The van der Waals surface area contributed by atoms with Crippen molar-refractivity contribution in [2.45, 2.75) is 33.6 Å². The SMILES string of the molecule is CCc1ccc(N2CC(C(=O)N(CC)CC(C)C(=O)OC)CC2=O)cc1. The summed E-state index contributed by atoms with van der Waals surface area (Å²) in [5.74, 6) is -1.22. The Morgan fingerprint density at radius 1 is 1.27 bits per heavy atom. The van der Waals surface area contributed by atoms with Crippen molar-refractivity contribution in [3.63, 3.8) is 0 Å². The van der Waals surface area contributed by atoms with Crippen molar-refractivity contribution in [2.75, 3.05) is 31.6 Å². The smallest absolute Gasteiger partial charge is 0.310 e. The molecule has 1 aliphatic rings. The summed E-state index contributed by atoms with van der Waals surface area (Å²) in [5, 5.41) is 0. The van der Waals surface area contributed by atoms with Crippen LogP contribution < -0.4 is 4.90 Å². The van der Waals surface area contributed by atoms with E-state index in [1.165, 1.54) is 12.7 Å². The molecule has 0 saturated carbocycles. The van der Waals surface area contributed by atoms with Gasteiger partial charge in [0, 0.05) is 31.7 Å². The minimum Gasteiger partial charge on any atom is -0.469 e. The maximum absolute atomic E-state index is 12.8. The van der Waals surface area contributed by atoms with Crippen molar-refractivity contribution < 1.29 is 19.1 Å². The number of carbonyl (C=O) groups is 3. The molecule has 1 heterocycles. The topological polar surface area (TPSA) is 66.9 Å². The molecule has 2 rings (SSSR count). The summed E-state index contributed by atoms with van der Waals surface area (Å²) in [6.45, 7) is 6.88. The number of anilines is 1. The van der Waals surface area contributed by atoms with Crippen molar-refractivity contribution in [3.8, 4) is 0 Å². The van der Waals surface area contributed by atoms with Gasteiger partial charge >= 0.3 is 5.97 Å². The first-order valence-electron chi connectivity index (χ1n) is 9.17. The third kappa shape index (κ3) is 4.42. The van der Waals surface area contributed by atoms with Gasteiger partial charge in [-0.3, -0.25) is 14.4 Å². The van der Waals surface area contributed by atoms with E-state index in [2.05, 4.69) is 6.92 Å². The van der Waals surface area contributed by atoms with E-state index in [1.54, 1.807) is 16.7 Å². The number of rotatable bonds is 7. The van der Waals surface area contributed by atoms with E-state index >= 15 is 0 Å². The van der Waals surface area contributed by atoms with Gasteiger partial charge in [0.2, 0.25) is 11.8 Å². The monoisotopic (exact) mass is 360 g/mol. The molecule has 1 aliphatic heterocycles. The molecule has 1 fully saturated rings. The number of benzene rings is 1. The predicted octanol–water partition coefficient (Wildman–Crippen LogP) is 2.26. The van der Waals surface area contributed by atoms with Crippen LogP contribution in [0.5, 0.6) is 0 Å². The Balaban J connectivity index is 2.05. The number of nitrogens with zero attached hydrogens (tertiary/aromatic N) is 2. The lowest BCUT2D eigenvalue weighted by atomic mass is 10.1. The average Bonchev–Trinajstić information content (AvgIpc) is 3.06. The summed E-state index contributed by atoms with van der Waals surface area (Å²) in [4.78, 5) is 40.2. The second kappa shape index (κ2) is 8.83. The highest BCUT2D eigenvalue weighted by atomic mass is 16.5. The van der Waals surface area contributed by atoms with Crippen LogP contribution in [0.2, 0.25) is 0 Å². The molecular formula is C20H28N2O4. The van der Waals surface area contributed by atoms with Crippen LogP contribution >= 0.6 is 0 Å². The van der Waals surface area contributed by atoms with Crippen LogP contribution in [0.1, 0.15) is 32.8 Å². The molecule has 142 valence electrons. The number of carbonyl (C=O) groups excluding carboxylic acids is 3. The summed E-state index contributed by atoms with van der Waals surface area (Å²) in [5.41, 5.74) is 2.04. The number of methoxy groups -OCH3 is 1. The molecule has 1 aromatic carbocycles. The average molecular weight is 360 g/mol. The van der Waals surface area contributed by atoms with Gasteiger partial charge in [0.1, 0.15) is 0 Å². The molecule has 2 amide bonds. The van der Waals surface area contributed by atoms with Crippen molar-refractivity contribution in [1.82, 2.24) is 4.90 Å². The molecule has 0 aromatic heterocycles. The van der Waals surface area contributed by atoms with E-state index in [0.29, 0.717) is 19.6 Å². The third-order valence-electron chi connectivity index (χ3n) is 4.92. The van der Waals surface area contributed by atoms with Crippen molar-refractivity contribution in [2.24, 2.45) is 11.8 Å². The number of aryl methyl sites for hydroxylation is 1. The fourth-order valence-corrected chi connectivity index (χ4v) is 3.27. The molecule has 26 heavy (non-hydrogen) atoms. The van der Waals surface area contributed by atoms with Crippen LogP contribution in [0, 0.1) is 11.8 Å². The lowest BCUT2D eigenvalue weighted by Gasteiger charge is -2.26. The van der Waals surface area contributed by atoms with E-state index in [4.69, 9.17) is 4.74 Å². The number of ether oxygens (including phenoxy) is 1. The van der Waals surface area contributed by atoms with Crippen molar-refractivity contribution in [1.29, 1.82) is 0 Å². The van der Waals surface area contributed by atoms with Crippen LogP contribution in [0.4, 0.5) is 5.69 Å². The first-order valence-corrected chi connectivity index (χ1v) is 9.17. The molecule has 6 nitrogen and oxygen atoms in total. The molecule has 0 bridgehead atoms. The number of hydrogen-bond acceptors (Lipinski definition) is 4. The number of esters is 1. The van der Waals surface area contributed by atoms with E-state index in [-0.39, 0.29) is 30.1 Å². The molecule has 2 unspecified atom stereocenters. The molecule has 0 N–H and O–H groups in total. The van der Waals surface area contributed by atoms with Crippen molar-refractivity contribution >= 4 is 23.5 Å². The zero-order chi connectivity index (χ0) is 19.3. The van der Waals surface area contributed by atoms with Gasteiger partial charge in [-0.1, -0.05) is 26.0 Å². The molecular weight excluding hydrogens is 332 g/mol. The van der Waals surface area contributed by atoms with Crippen LogP contribution in [-0.4, -0.2) is 49.4 Å². The van der Waals surface area contributed by atoms with Gasteiger partial charge in [0.05, 0.1) is 18.9 Å². The lowest BCUT2D eigenvalue weighted by molar-refractivity contribution is -0.147. The minimum absolute atomic E-state index is 0.0373. The lowest BCUT2D eigenvalue weighted by Crippen LogP contribution is -2.41. The molecule has 0 radical (unpaired) electrons. The molecule has 0 aliphatic carbocycles. The minimum atomic E-state index is -0.390. The second-order valence-electron chi connectivity index (χ2n) is 6.73. The third-order valence-corrected chi connectivity index (χ3v) is 4.92. The Hall–Kier alpha value is -2.37. The van der Waals surface area contributed by atoms with Gasteiger partial charge in [-0.05, 0) is 31.0 Å². The van der Waals surface area contributed by atoms with E-state index in [1.807, 2.05) is 31.2 Å². The summed E-state index contributed by atoms with van der Waals surface area (Å²) in [6, 6.07) is 7.88. The van der Waals surface area contributed by atoms with Gasteiger partial charge in [-0.15, -0.1) is 0 Å². The molecule has 0 spiro atoms. The Bertz CT molecular complexity index is 656. The Kier molecular flexibility index (Phi) is 6.77. The van der Waals surface area contributed by atoms with Gasteiger partial charge in [0.25, 0.3) is 0 Å². The van der Waals surface area contributed by atoms with Gasteiger partial charge in [-0.25, -0.2) is 0 Å². The summed E-state index contributed by atoms with van der Waals surface area (Å²) < 4.78 is 4.73. The van der Waals surface area contributed by atoms with Gasteiger partial charge in [0.15, 0.2) is 0 Å². The van der Waals surface area contributed by atoms with Crippen LogP contribution in [0.15, 0.2) is 24.3 Å². The molecule has 1 saturated heterocycles. The fourth-order valence-electron chi connectivity index (χ4n) is 3.27. The summed E-state index contributed by atoms with van der Waals surface area (Å²) in [7, 11) is 1.34. The van der Waals surface area contributed by atoms with Crippen LogP contribution in [-0.2, 0) is 25.5 Å². The normalized spacial score (nSPS) is 17.9. The zero-order valence-electron chi connectivity index (χ0n) is 16.0. The molecule has 1 aromatic rings. The Morgan fingerprint density at radius 2 is 1.92 bits per heavy atom. The van der Waals surface area contributed by atoms with Crippen LogP contribution in [0.3, 0.4) is 0 Å². The van der Waals surface area contributed by atoms with E-state index in [0.717, 1.165) is 12.1 Å². The highest BCUT2D eigenvalue weighted by Gasteiger charge is 2.37. The first kappa shape index (κ1) is 19.9.